The van der Waals surface area contributed by atoms with Gasteiger partial charge in [0.05, 0.1) is 0 Å². The van der Waals surface area contributed by atoms with Crippen molar-refractivity contribution in [3.63, 3.8) is 0 Å². The normalized spacial score (nSPS) is 10.9. The first-order valence-electron chi connectivity index (χ1n) is 6.78. The largest absolute Gasteiger partial charge is 0.306 e. The molecule has 3 rings (SSSR count). The van der Waals surface area contributed by atoms with E-state index in [1.807, 2.05) is 38.1 Å². The van der Waals surface area contributed by atoms with Crippen molar-refractivity contribution < 1.29 is 0 Å². The van der Waals surface area contributed by atoms with Crippen LogP contribution in [0.25, 0.3) is 22.2 Å². The van der Waals surface area contributed by atoms with E-state index in [2.05, 4.69) is 28.2 Å². The Balaban J connectivity index is 2.18. The van der Waals surface area contributed by atoms with E-state index in [1.165, 1.54) is 5.39 Å². The van der Waals surface area contributed by atoms with Crippen molar-refractivity contribution >= 4 is 10.8 Å². The molecule has 0 aliphatic carbocycles. The molecule has 2 aromatic carbocycles. The monoisotopic (exact) mass is 264 g/mol. The Kier molecular flexibility index (Phi) is 3.11. The van der Waals surface area contributed by atoms with Crippen molar-refractivity contribution in [1.82, 2.24) is 9.97 Å². The molecule has 0 radical (unpaired) electrons. The van der Waals surface area contributed by atoms with E-state index in [9.17, 15) is 4.79 Å². The quantitative estimate of drug-likeness (QED) is 0.770. The number of benzene rings is 2. The minimum absolute atomic E-state index is 0.0387. The maximum absolute atomic E-state index is 12.0. The van der Waals surface area contributed by atoms with Gasteiger partial charge in [-0.15, -0.1) is 0 Å². The maximum Gasteiger partial charge on any atom is 0.254 e. The van der Waals surface area contributed by atoms with Crippen LogP contribution in [-0.2, 0) is 6.42 Å². The fraction of sp³-hybridized carbons (Fsp3) is 0.176. The highest BCUT2D eigenvalue weighted by atomic mass is 16.1. The van der Waals surface area contributed by atoms with Gasteiger partial charge in [-0.2, -0.15) is 0 Å². The number of aromatic amines is 1. The first-order chi connectivity index (χ1) is 9.69. The first kappa shape index (κ1) is 12.6. The van der Waals surface area contributed by atoms with Crippen molar-refractivity contribution in [3.05, 3.63) is 64.1 Å². The van der Waals surface area contributed by atoms with Gasteiger partial charge in [-0.05, 0) is 30.2 Å². The lowest BCUT2D eigenvalue weighted by Crippen LogP contribution is -2.16. The van der Waals surface area contributed by atoms with Crippen LogP contribution in [0.1, 0.15) is 18.2 Å². The summed E-state index contributed by atoms with van der Waals surface area (Å²) in [7, 11) is 0. The van der Waals surface area contributed by atoms with Gasteiger partial charge in [-0.25, -0.2) is 4.98 Å². The van der Waals surface area contributed by atoms with Gasteiger partial charge >= 0.3 is 0 Å². The van der Waals surface area contributed by atoms with Gasteiger partial charge in [0.1, 0.15) is 5.82 Å². The van der Waals surface area contributed by atoms with Gasteiger partial charge in [0, 0.05) is 16.8 Å². The lowest BCUT2D eigenvalue weighted by molar-refractivity contribution is 0.968. The predicted octanol–water partition coefficient (Wildman–Crippen LogP) is 3.46. The van der Waals surface area contributed by atoms with E-state index in [0.29, 0.717) is 12.2 Å². The van der Waals surface area contributed by atoms with Crippen molar-refractivity contribution in [1.29, 1.82) is 0 Å². The Bertz CT molecular complexity index is 834. The summed E-state index contributed by atoms with van der Waals surface area (Å²) < 4.78 is 0. The minimum atomic E-state index is -0.0387. The highest BCUT2D eigenvalue weighted by Gasteiger charge is 2.08. The first-order valence-corrected chi connectivity index (χ1v) is 6.78. The molecule has 0 aliphatic heterocycles. The van der Waals surface area contributed by atoms with Gasteiger partial charge < -0.3 is 4.98 Å². The summed E-state index contributed by atoms with van der Waals surface area (Å²) in [4.78, 5) is 19.4. The van der Waals surface area contributed by atoms with Crippen molar-refractivity contribution in [3.8, 4) is 11.4 Å². The van der Waals surface area contributed by atoms with Crippen molar-refractivity contribution in [2.24, 2.45) is 0 Å². The topological polar surface area (TPSA) is 45.8 Å². The predicted molar refractivity (Wildman–Crippen MR) is 81.9 cm³/mol. The third kappa shape index (κ3) is 2.11. The zero-order chi connectivity index (χ0) is 14.1. The zero-order valence-corrected chi connectivity index (χ0v) is 11.6. The smallest absolute Gasteiger partial charge is 0.254 e. The van der Waals surface area contributed by atoms with Gasteiger partial charge in [-0.1, -0.05) is 43.3 Å². The lowest BCUT2D eigenvalue weighted by atomic mass is 10.1. The average molecular weight is 264 g/mol. The summed E-state index contributed by atoms with van der Waals surface area (Å²) in [6.07, 6.45) is 0.701. The Hall–Kier alpha value is -2.42. The second-order valence-corrected chi connectivity index (χ2v) is 4.89. The Morgan fingerprint density at radius 2 is 1.85 bits per heavy atom. The molecule has 3 nitrogen and oxygen atoms in total. The van der Waals surface area contributed by atoms with Crippen LogP contribution in [0.2, 0.25) is 0 Å². The Morgan fingerprint density at radius 3 is 2.55 bits per heavy atom. The molecule has 0 atom stereocenters. The number of nitrogens with one attached hydrogen (secondary N) is 1. The molecule has 1 aromatic heterocycles. The van der Waals surface area contributed by atoms with E-state index < -0.39 is 0 Å². The Morgan fingerprint density at radius 1 is 1.10 bits per heavy atom. The molecule has 1 heterocycles. The highest BCUT2D eigenvalue weighted by Crippen LogP contribution is 2.21. The van der Waals surface area contributed by atoms with Crippen LogP contribution in [-0.4, -0.2) is 9.97 Å². The standard InChI is InChI=1S/C17H16N2O/c1-3-15-11(2)18-16(19-17(15)20)14-9-8-12-6-4-5-7-13(12)10-14/h4-10H,3H2,1-2H3,(H,18,19,20). The molecule has 1 N–H and O–H groups in total. The maximum atomic E-state index is 12.0. The second kappa shape index (κ2) is 4.93. The van der Waals surface area contributed by atoms with E-state index in [4.69, 9.17) is 0 Å². The number of aryl methyl sites for hydroxylation is 1. The molecule has 0 aliphatic rings. The molecule has 0 bridgehead atoms. The van der Waals surface area contributed by atoms with Crippen LogP contribution >= 0.6 is 0 Å². The van der Waals surface area contributed by atoms with Crippen LogP contribution in [0.4, 0.5) is 0 Å². The number of rotatable bonds is 2. The summed E-state index contributed by atoms with van der Waals surface area (Å²) in [5.74, 6) is 0.635. The molecule has 0 spiro atoms. The molecule has 0 fully saturated rings. The van der Waals surface area contributed by atoms with Crippen LogP contribution in [0.3, 0.4) is 0 Å². The lowest BCUT2D eigenvalue weighted by Gasteiger charge is -2.07. The van der Waals surface area contributed by atoms with Gasteiger partial charge in [0.2, 0.25) is 0 Å². The van der Waals surface area contributed by atoms with Crippen LogP contribution in [0.15, 0.2) is 47.3 Å². The molecular formula is C17H16N2O. The average Bonchev–Trinajstić information content (AvgIpc) is 2.46. The van der Waals surface area contributed by atoms with Gasteiger partial charge in [0.15, 0.2) is 0 Å². The van der Waals surface area contributed by atoms with Crippen molar-refractivity contribution in [2.45, 2.75) is 20.3 Å². The molecule has 0 amide bonds. The number of H-pyrrole nitrogens is 1. The fourth-order valence-corrected chi connectivity index (χ4v) is 2.50. The summed E-state index contributed by atoms with van der Waals surface area (Å²) in [6.45, 7) is 3.85. The van der Waals surface area contributed by atoms with Crippen LogP contribution in [0.5, 0.6) is 0 Å². The SMILES string of the molecule is CCc1c(C)nc(-c2ccc3ccccc3c2)[nH]c1=O. The molecular weight excluding hydrogens is 248 g/mol. The Labute approximate surface area is 117 Å². The second-order valence-electron chi connectivity index (χ2n) is 4.89. The zero-order valence-electron chi connectivity index (χ0n) is 11.6. The van der Waals surface area contributed by atoms with Crippen LogP contribution in [0, 0.1) is 6.92 Å². The van der Waals surface area contributed by atoms with E-state index >= 15 is 0 Å². The molecule has 0 saturated heterocycles. The molecule has 20 heavy (non-hydrogen) atoms. The van der Waals surface area contributed by atoms with E-state index in [0.717, 1.165) is 22.2 Å². The molecule has 3 heteroatoms. The van der Waals surface area contributed by atoms with Gasteiger partial charge in [-0.3, -0.25) is 4.79 Å². The highest BCUT2D eigenvalue weighted by molar-refractivity contribution is 5.86. The number of hydrogen-bond donors (Lipinski definition) is 1. The molecule has 0 saturated carbocycles. The van der Waals surface area contributed by atoms with Crippen LogP contribution < -0.4 is 5.56 Å². The third-order valence-corrected chi connectivity index (χ3v) is 3.60. The van der Waals surface area contributed by atoms with E-state index in [1.54, 1.807) is 0 Å². The number of hydrogen-bond acceptors (Lipinski definition) is 2. The van der Waals surface area contributed by atoms with E-state index in [-0.39, 0.29) is 5.56 Å². The fourth-order valence-electron chi connectivity index (χ4n) is 2.50. The number of nitrogens with zero attached hydrogens (tertiary/aromatic N) is 1. The minimum Gasteiger partial charge on any atom is -0.306 e. The number of aromatic nitrogens is 2. The van der Waals surface area contributed by atoms with Gasteiger partial charge in [0.25, 0.3) is 5.56 Å². The molecule has 3 aromatic rings. The number of fused-ring (bicyclic) bond motifs is 1. The summed E-state index contributed by atoms with van der Waals surface area (Å²) in [5.41, 5.74) is 2.46. The molecule has 0 unspecified atom stereocenters. The summed E-state index contributed by atoms with van der Waals surface area (Å²) >= 11 is 0. The molecule has 100 valence electrons. The summed E-state index contributed by atoms with van der Waals surface area (Å²) in [5, 5.41) is 2.32. The summed E-state index contributed by atoms with van der Waals surface area (Å²) in [6, 6.07) is 14.2. The van der Waals surface area contributed by atoms with Crippen molar-refractivity contribution in [2.75, 3.05) is 0 Å². The third-order valence-electron chi connectivity index (χ3n) is 3.60.